The minimum absolute atomic E-state index is 0.0867. The van der Waals surface area contributed by atoms with Crippen LogP contribution in [0.25, 0.3) is 0 Å². The van der Waals surface area contributed by atoms with Crippen LogP contribution in [0.5, 0.6) is 0 Å². The predicted octanol–water partition coefficient (Wildman–Crippen LogP) is -0.887. The Morgan fingerprint density at radius 1 is 1.44 bits per heavy atom. The second-order valence-electron chi connectivity index (χ2n) is 4.09. The van der Waals surface area contributed by atoms with Crippen molar-refractivity contribution < 1.29 is 22.2 Å². The molecular weight excluding hydrogens is 232 g/mol. The van der Waals surface area contributed by atoms with E-state index in [-0.39, 0.29) is 5.91 Å². The van der Waals surface area contributed by atoms with Crippen molar-refractivity contribution in [1.82, 2.24) is 5.32 Å². The van der Waals surface area contributed by atoms with Gasteiger partial charge in [-0.05, 0) is 6.08 Å². The molecule has 0 atom stereocenters. The molecule has 0 aromatic heterocycles. The van der Waals surface area contributed by atoms with Gasteiger partial charge in [-0.3, -0.25) is 4.79 Å². The van der Waals surface area contributed by atoms with Gasteiger partial charge >= 0.3 is 0 Å². The summed E-state index contributed by atoms with van der Waals surface area (Å²) in [5.41, 5.74) is 0. The summed E-state index contributed by atoms with van der Waals surface area (Å²) < 4.78 is 26.4. The number of hydrogen-bond acceptors (Lipinski definition) is 4. The summed E-state index contributed by atoms with van der Waals surface area (Å²) in [5, 5.41) is 2.74. The van der Waals surface area contributed by atoms with E-state index in [1.54, 1.807) is 0 Å². The largest absolute Gasteiger partial charge is 0.750 e. The molecule has 0 aliphatic heterocycles. The Morgan fingerprint density at radius 3 is 2.19 bits per heavy atom. The molecular formula is C9H20N2O4S. The Hall–Kier alpha value is -0.920. The van der Waals surface area contributed by atoms with Gasteiger partial charge in [-0.1, -0.05) is 6.58 Å². The van der Waals surface area contributed by atoms with Crippen LogP contribution in [0.4, 0.5) is 0 Å². The van der Waals surface area contributed by atoms with Gasteiger partial charge in [0.25, 0.3) is 0 Å². The molecule has 0 aliphatic rings. The van der Waals surface area contributed by atoms with E-state index in [0.29, 0.717) is 0 Å². The highest BCUT2D eigenvalue weighted by molar-refractivity contribution is 7.66. The van der Waals surface area contributed by atoms with Gasteiger partial charge in [-0.15, -0.1) is 0 Å². The van der Waals surface area contributed by atoms with Crippen LogP contribution in [0.3, 0.4) is 0 Å². The van der Waals surface area contributed by atoms with Gasteiger partial charge in [0, 0.05) is 13.0 Å². The van der Waals surface area contributed by atoms with Crippen molar-refractivity contribution in [3.8, 4) is 0 Å². The molecule has 0 radical (unpaired) electrons. The number of hydrogen-bond donors (Lipinski definition) is 2. The minimum atomic E-state index is -3.37. The second-order valence-corrected chi connectivity index (χ2v) is 4.53. The molecule has 0 saturated heterocycles. The van der Waals surface area contributed by atoms with E-state index in [2.05, 4.69) is 33.0 Å². The predicted molar refractivity (Wildman–Crippen MR) is 61.8 cm³/mol. The van der Waals surface area contributed by atoms with Gasteiger partial charge in [0.1, 0.15) is 0 Å². The highest BCUT2D eigenvalue weighted by atomic mass is 32.2. The first-order valence-electron chi connectivity index (χ1n) is 4.71. The average Bonchev–Trinajstić information content (AvgIpc) is 2.09. The second kappa shape index (κ2) is 9.32. The van der Waals surface area contributed by atoms with Crippen molar-refractivity contribution in [3.63, 3.8) is 0 Å². The van der Waals surface area contributed by atoms with E-state index >= 15 is 0 Å². The van der Waals surface area contributed by atoms with E-state index in [4.69, 9.17) is 13.0 Å². The molecule has 0 aromatic carbocycles. The van der Waals surface area contributed by atoms with Gasteiger partial charge in [0.2, 0.25) is 5.91 Å². The van der Waals surface area contributed by atoms with E-state index in [9.17, 15) is 4.79 Å². The van der Waals surface area contributed by atoms with E-state index in [0.717, 1.165) is 24.0 Å². The summed E-state index contributed by atoms with van der Waals surface area (Å²) in [6, 6.07) is 0. The third kappa shape index (κ3) is 23.2. The van der Waals surface area contributed by atoms with Gasteiger partial charge in [0.05, 0.1) is 38.7 Å². The van der Waals surface area contributed by atoms with Crippen LogP contribution in [0, 0.1) is 0 Å². The molecule has 0 unspecified atom stereocenters. The molecule has 1 N–H and O–H groups in total. The van der Waals surface area contributed by atoms with Crippen LogP contribution in [-0.2, 0) is 15.8 Å². The molecule has 7 heteroatoms. The first-order chi connectivity index (χ1) is 7.19. The monoisotopic (exact) mass is 252 g/mol. The van der Waals surface area contributed by atoms with Crippen molar-refractivity contribution in [2.75, 3.05) is 34.2 Å². The first kappa shape index (κ1) is 17.5. The van der Waals surface area contributed by atoms with Crippen LogP contribution in [0.2, 0.25) is 0 Å². The maximum absolute atomic E-state index is 10.7. The molecule has 0 rings (SSSR count). The van der Waals surface area contributed by atoms with Crippen LogP contribution in [0.1, 0.15) is 6.42 Å². The van der Waals surface area contributed by atoms with Gasteiger partial charge in [-0.2, -0.15) is 0 Å². The zero-order valence-corrected chi connectivity index (χ0v) is 10.8. The fraction of sp³-hybridized carbons (Fsp3) is 0.667. The number of nitrogens with zero attached hydrogens (tertiary/aromatic N) is 1. The molecule has 0 heterocycles. The topological polar surface area (TPSA) is 86.3 Å². The fourth-order valence-electron chi connectivity index (χ4n) is 0.837. The number of thiol groups is 1. The SMILES string of the molecule is C=CC(=O)NCCC[N+](C)(C)C.O=[SH](=O)[O-]. The summed E-state index contributed by atoms with van der Waals surface area (Å²) in [6.07, 6.45) is 2.30. The Balaban J connectivity index is 0. The normalized spacial score (nSPS) is 10.3. The van der Waals surface area contributed by atoms with Crippen molar-refractivity contribution in [3.05, 3.63) is 12.7 Å². The number of quaternary nitrogens is 1. The van der Waals surface area contributed by atoms with Gasteiger partial charge < -0.3 is 14.4 Å². The molecule has 0 aliphatic carbocycles. The third-order valence-corrected chi connectivity index (χ3v) is 1.49. The highest BCUT2D eigenvalue weighted by Crippen LogP contribution is 1.91. The molecule has 1 amide bonds. The maximum atomic E-state index is 10.7. The molecule has 0 fully saturated rings. The van der Waals surface area contributed by atoms with E-state index in [1.165, 1.54) is 6.08 Å². The van der Waals surface area contributed by atoms with Crippen molar-refractivity contribution in [2.45, 2.75) is 6.42 Å². The Kier molecular flexibility index (Phi) is 10.2. The summed E-state index contributed by atoms with van der Waals surface area (Å²) in [7, 11) is 3.03. The lowest BCUT2D eigenvalue weighted by molar-refractivity contribution is -0.870. The quantitative estimate of drug-likeness (QED) is 0.219. The zero-order chi connectivity index (χ0) is 13.2. The third-order valence-electron chi connectivity index (χ3n) is 1.49. The molecule has 96 valence electrons. The van der Waals surface area contributed by atoms with Crippen LogP contribution in [-0.4, -0.2) is 57.6 Å². The van der Waals surface area contributed by atoms with Crippen molar-refractivity contribution >= 4 is 16.9 Å². The smallest absolute Gasteiger partial charge is 0.243 e. The lowest BCUT2D eigenvalue weighted by Crippen LogP contribution is -2.37. The molecule has 6 nitrogen and oxygen atoms in total. The van der Waals surface area contributed by atoms with E-state index in [1.807, 2.05) is 0 Å². The first-order valence-corrected chi connectivity index (χ1v) is 5.81. The highest BCUT2D eigenvalue weighted by Gasteiger charge is 2.05. The number of rotatable bonds is 5. The molecule has 0 spiro atoms. The van der Waals surface area contributed by atoms with Crippen molar-refractivity contribution in [2.24, 2.45) is 0 Å². The lowest BCUT2D eigenvalue weighted by Gasteiger charge is -2.23. The van der Waals surface area contributed by atoms with Gasteiger partial charge in [0.15, 0.2) is 0 Å². The Labute approximate surface area is 98.3 Å². The van der Waals surface area contributed by atoms with Crippen molar-refractivity contribution in [1.29, 1.82) is 0 Å². The summed E-state index contributed by atoms with van der Waals surface area (Å²) in [5.74, 6) is -0.0867. The summed E-state index contributed by atoms with van der Waals surface area (Å²) in [4.78, 5) is 10.7. The summed E-state index contributed by atoms with van der Waals surface area (Å²) >= 11 is 0. The van der Waals surface area contributed by atoms with Crippen LogP contribution >= 0.6 is 0 Å². The van der Waals surface area contributed by atoms with Crippen LogP contribution in [0.15, 0.2) is 12.7 Å². The fourth-order valence-corrected chi connectivity index (χ4v) is 0.837. The number of carbonyl (C=O) groups is 1. The number of nitrogens with one attached hydrogen (secondary N) is 1. The number of carbonyl (C=O) groups excluding carboxylic acids is 1. The van der Waals surface area contributed by atoms with E-state index < -0.39 is 11.0 Å². The minimum Gasteiger partial charge on any atom is -0.750 e. The Bertz CT molecular complexity index is 274. The number of amides is 1. The summed E-state index contributed by atoms with van der Waals surface area (Å²) in [6.45, 7) is 5.18. The zero-order valence-electron chi connectivity index (χ0n) is 9.93. The standard InChI is InChI=1S/C9H18N2O.H2O3S/c1-5-9(12)10-7-6-8-11(2,3)4;1-4(2)3/h5H,1,6-8H2,2-4H3;4H,(H,1,2,3). The molecule has 0 saturated carbocycles. The molecule has 0 aromatic rings. The lowest BCUT2D eigenvalue weighted by atomic mass is 10.3. The Morgan fingerprint density at radius 2 is 1.88 bits per heavy atom. The van der Waals surface area contributed by atoms with Crippen LogP contribution < -0.4 is 5.32 Å². The molecule has 16 heavy (non-hydrogen) atoms. The average molecular weight is 252 g/mol. The maximum Gasteiger partial charge on any atom is 0.243 e. The van der Waals surface area contributed by atoms with Gasteiger partial charge in [-0.25, -0.2) is 8.42 Å². The molecule has 0 bridgehead atoms.